The molecule has 0 saturated carbocycles. The number of hydrogen-bond donors (Lipinski definition) is 4. The van der Waals surface area contributed by atoms with Crippen LogP contribution in [0.15, 0.2) is 109 Å². The number of hydrogen-bond acceptors (Lipinski definition) is 9. The predicted molar refractivity (Wildman–Crippen MR) is 172 cm³/mol. The van der Waals surface area contributed by atoms with Crippen molar-refractivity contribution in [2.45, 2.75) is 0 Å². The maximum Gasteiger partial charge on any atom is 0.266 e. The number of fused-ring (bicyclic) bond motifs is 2. The van der Waals surface area contributed by atoms with Crippen LogP contribution in [0.1, 0.15) is 41.4 Å². The average Bonchev–Trinajstić information content (AvgIpc) is 3.40. The fourth-order valence-corrected chi connectivity index (χ4v) is 5.06. The Morgan fingerprint density at radius 2 is 0.756 bits per heavy atom. The standard InChI is InChI=1S/C28H18N4O5.C6H8N2/c29-15-3-1-5-17(11-15)31-25(33)21-9-7-19(13-23(21)27(31)35)37-20-8-10-22-24(14-20)28(36)32(26(22)34)18-6-2-4-16(30)12-18;7-5-2-1-3-6(8)4-5/h1-14H,29-30H2;1-4H,7-8H2. The number of anilines is 6. The molecule has 8 N–H and O–H groups in total. The summed E-state index contributed by atoms with van der Waals surface area (Å²) >= 11 is 0. The normalized spacial score (nSPS) is 13.3. The molecule has 0 bridgehead atoms. The molecule has 2 aliphatic heterocycles. The molecule has 0 fully saturated rings. The van der Waals surface area contributed by atoms with E-state index in [-0.39, 0.29) is 22.3 Å². The van der Waals surface area contributed by atoms with Gasteiger partial charge in [-0.1, -0.05) is 18.2 Å². The number of carbonyl (C=O) groups is 4. The van der Waals surface area contributed by atoms with E-state index in [2.05, 4.69) is 0 Å². The van der Waals surface area contributed by atoms with Gasteiger partial charge < -0.3 is 27.7 Å². The molecule has 222 valence electrons. The van der Waals surface area contributed by atoms with E-state index in [1.165, 1.54) is 24.3 Å². The summed E-state index contributed by atoms with van der Waals surface area (Å²) in [5.74, 6) is -1.33. The minimum Gasteiger partial charge on any atom is -0.457 e. The van der Waals surface area contributed by atoms with Gasteiger partial charge in [0.2, 0.25) is 0 Å². The van der Waals surface area contributed by atoms with Gasteiger partial charge in [-0.2, -0.15) is 0 Å². The largest absolute Gasteiger partial charge is 0.457 e. The van der Waals surface area contributed by atoms with Gasteiger partial charge in [-0.15, -0.1) is 0 Å². The van der Waals surface area contributed by atoms with Crippen LogP contribution in [0.4, 0.5) is 34.1 Å². The van der Waals surface area contributed by atoms with Crippen LogP contribution in [-0.4, -0.2) is 23.6 Å². The van der Waals surface area contributed by atoms with Crippen LogP contribution >= 0.6 is 0 Å². The van der Waals surface area contributed by atoms with Gasteiger partial charge in [0.25, 0.3) is 23.6 Å². The van der Waals surface area contributed by atoms with Gasteiger partial charge in [0.15, 0.2) is 0 Å². The number of nitrogen functional groups attached to an aromatic ring is 4. The molecular weight excluding hydrogens is 572 g/mol. The van der Waals surface area contributed by atoms with Gasteiger partial charge in [0.05, 0.1) is 33.6 Å². The van der Waals surface area contributed by atoms with Crippen molar-refractivity contribution >= 4 is 57.8 Å². The Bertz CT molecular complexity index is 1900. The van der Waals surface area contributed by atoms with Crippen LogP contribution in [0, 0.1) is 0 Å². The minimum atomic E-state index is -0.497. The number of nitrogens with zero attached hydrogens (tertiary/aromatic N) is 2. The fraction of sp³-hybridized carbons (Fsp3) is 0. The summed E-state index contributed by atoms with van der Waals surface area (Å²) in [4.78, 5) is 54.0. The molecule has 7 rings (SSSR count). The van der Waals surface area contributed by atoms with E-state index in [4.69, 9.17) is 27.7 Å². The molecule has 0 radical (unpaired) electrons. The third-order valence-corrected chi connectivity index (χ3v) is 7.12. The van der Waals surface area contributed by atoms with Crippen molar-refractivity contribution in [1.82, 2.24) is 0 Å². The van der Waals surface area contributed by atoms with Gasteiger partial charge in [0.1, 0.15) is 11.5 Å². The monoisotopic (exact) mass is 598 g/mol. The van der Waals surface area contributed by atoms with Gasteiger partial charge >= 0.3 is 0 Å². The first-order valence-corrected chi connectivity index (χ1v) is 13.7. The summed E-state index contributed by atoms with van der Waals surface area (Å²) in [6, 6.07) is 29.3. The molecule has 2 aliphatic rings. The first-order chi connectivity index (χ1) is 21.6. The molecule has 0 aromatic heterocycles. The van der Waals surface area contributed by atoms with Crippen molar-refractivity contribution < 1.29 is 23.9 Å². The van der Waals surface area contributed by atoms with Crippen molar-refractivity contribution in [2.24, 2.45) is 0 Å². The van der Waals surface area contributed by atoms with Gasteiger partial charge in [0, 0.05) is 22.7 Å². The van der Waals surface area contributed by atoms with Gasteiger partial charge in [-0.25, -0.2) is 9.80 Å². The zero-order valence-corrected chi connectivity index (χ0v) is 23.6. The lowest BCUT2D eigenvalue weighted by molar-refractivity contribution is 0.0910. The number of ether oxygens (including phenoxy) is 1. The number of rotatable bonds is 4. The molecule has 0 spiro atoms. The number of carbonyl (C=O) groups excluding carboxylic acids is 4. The minimum absolute atomic E-state index is 0.185. The number of nitrogens with two attached hydrogens (primary N) is 4. The Kier molecular flexibility index (Phi) is 7.11. The highest BCUT2D eigenvalue weighted by molar-refractivity contribution is 6.35. The lowest BCUT2D eigenvalue weighted by atomic mass is 10.1. The van der Waals surface area contributed by atoms with Crippen LogP contribution in [0.3, 0.4) is 0 Å². The molecule has 11 heteroatoms. The van der Waals surface area contributed by atoms with Crippen molar-refractivity contribution in [1.29, 1.82) is 0 Å². The van der Waals surface area contributed by atoms with Crippen LogP contribution < -0.4 is 37.5 Å². The number of imide groups is 2. The highest BCUT2D eigenvalue weighted by Gasteiger charge is 2.38. The Morgan fingerprint density at radius 3 is 1.11 bits per heavy atom. The highest BCUT2D eigenvalue weighted by atomic mass is 16.5. The van der Waals surface area contributed by atoms with Crippen molar-refractivity contribution in [3.63, 3.8) is 0 Å². The van der Waals surface area contributed by atoms with E-state index >= 15 is 0 Å². The first-order valence-electron chi connectivity index (χ1n) is 13.7. The van der Waals surface area contributed by atoms with Crippen molar-refractivity contribution in [3.8, 4) is 11.5 Å². The van der Waals surface area contributed by atoms with Crippen LogP contribution in [-0.2, 0) is 0 Å². The molecule has 0 aliphatic carbocycles. The summed E-state index contributed by atoms with van der Waals surface area (Å²) < 4.78 is 5.91. The second-order valence-corrected chi connectivity index (χ2v) is 10.3. The highest BCUT2D eigenvalue weighted by Crippen LogP contribution is 2.35. The van der Waals surface area contributed by atoms with E-state index in [0.29, 0.717) is 45.6 Å². The van der Waals surface area contributed by atoms with Crippen molar-refractivity contribution in [2.75, 3.05) is 32.7 Å². The van der Waals surface area contributed by atoms with Gasteiger partial charge in [-0.05, 0) is 91.0 Å². The summed E-state index contributed by atoms with van der Waals surface area (Å²) in [6.45, 7) is 0. The first kappa shape index (κ1) is 28.5. The molecular formula is C34H26N6O5. The lowest BCUT2D eigenvalue weighted by Gasteiger charge is -2.14. The molecule has 0 saturated heterocycles. The Morgan fingerprint density at radius 1 is 0.400 bits per heavy atom. The smallest absolute Gasteiger partial charge is 0.266 e. The summed E-state index contributed by atoms with van der Waals surface area (Å²) in [6.07, 6.45) is 0. The van der Waals surface area contributed by atoms with Crippen molar-refractivity contribution in [3.05, 3.63) is 131 Å². The third-order valence-electron chi connectivity index (χ3n) is 7.12. The zero-order chi connectivity index (χ0) is 31.8. The van der Waals surface area contributed by atoms with Gasteiger partial charge in [-0.3, -0.25) is 19.2 Å². The van der Waals surface area contributed by atoms with Crippen LogP contribution in [0.25, 0.3) is 0 Å². The lowest BCUT2D eigenvalue weighted by Crippen LogP contribution is -2.29. The molecule has 0 atom stereocenters. The average molecular weight is 599 g/mol. The zero-order valence-electron chi connectivity index (χ0n) is 23.6. The third kappa shape index (κ3) is 5.37. The number of benzene rings is 5. The van der Waals surface area contributed by atoms with E-state index in [1.54, 1.807) is 78.9 Å². The summed E-state index contributed by atoms with van der Waals surface area (Å²) in [5.41, 5.74) is 26.3. The fourth-order valence-electron chi connectivity index (χ4n) is 5.06. The SMILES string of the molecule is Nc1cccc(N)c1.Nc1cccc(N2C(=O)c3ccc(Oc4ccc5c(c4)C(=O)N(c4cccc(N)c4)C5=O)cc3C2=O)c1. The van der Waals surface area contributed by atoms with E-state index in [1.807, 2.05) is 6.07 Å². The van der Waals surface area contributed by atoms with Crippen LogP contribution in [0.2, 0.25) is 0 Å². The molecule has 0 unspecified atom stereocenters. The topological polar surface area (TPSA) is 188 Å². The van der Waals surface area contributed by atoms with E-state index in [9.17, 15) is 19.2 Å². The van der Waals surface area contributed by atoms with Crippen LogP contribution in [0.5, 0.6) is 11.5 Å². The van der Waals surface area contributed by atoms with E-state index < -0.39 is 23.6 Å². The maximum absolute atomic E-state index is 13.1. The molecule has 2 heterocycles. The molecule has 45 heavy (non-hydrogen) atoms. The Balaban J connectivity index is 0.000000390. The predicted octanol–water partition coefficient (Wildman–Crippen LogP) is 5.10. The Hall–Kier alpha value is -6.62. The second-order valence-electron chi connectivity index (χ2n) is 10.3. The second kappa shape index (κ2) is 11.2. The number of amides is 4. The Labute approximate surface area is 257 Å². The quantitative estimate of drug-likeness (QED) is 0.161. The summed E-state index contributed by atoms with van der Waals surface area (Å²) in [5, 5.41) is 0. The molecule has 5 aromatic carbocycles. The summed E-state index contributed by atoms with van der Waals surface area (Å²) in [7, 11) is 0. The molecule has 5 aromatic rings. The maximum atomic E-state index is 13.1. The molecule has 4 amide bonds. The molecule has 11 nitrogen and oxygen atoms in total. The van der Waals surface area contributed by atoms with E-state index in [0.717, 1.165) is 9.80 Å².